The lowest BCUT2D eigenvalue weighted by Gasteiger charge is -2.25. The SMILES string of the molecule is CC(C)CC(N)C(=O)C1CNCCO1. The third-order valence-electron chi connectivity index (χ3n) is 2.34. The van der Waals surface area contributed by atoms with Crippen LogP contribution in [0.3, 0.4) is 0 Å². The molecule has 1 aliphatic rings. The highest BCUT2D eigenvalue weighted by Gasteiger charge is 2.26. The van der Waals surface area contributed by atoms with Gasteiger partial charge < -0.3 is 15.8 Å². The van der Waals surface area contributed by atoms with Gasteiger partial charge in [-0.1, -0.05) is 13.8 Å². The number of ether oxygens (including phenoxy) is 1. The summed E-state index contributed by atoms with van der Waals surface area (Å²) in [5, 5.41) is 3.12. The Labute approximate surface area is 85.2 Å². The summed E-state index contributed by atoms with van der Waals surface area (Å²) in [5.74, 6) is 0.483. The lowest BCUT2D eigenvalue weighted by molar-refractivity contribution is -0.133. The van der Waals surface area contributed by atoms with Crippen LogP contribution in [-0.4, -0.2) is 37.6 Å². The van der Waals surface area contributed by atoms with E-state index in [4.69, 9.17) is 10.5 Å². The molecule has 0 aromatic carbocycles. The fourth-order valence-corrected chi connectivity index (χ4v) is 1.61. The molecule has 0 aliphatic carbocycles. The fourth-order valence-electron chi connectivity index (χ4n) is 1.61. The van der Waals surface area contributed by atoms with Crippen molar-refractivity contribution in [3.63, 3.8) is 0 Å². The number of morpholine rings is 1. The van der Waals surface area contributed by atoms with Gasteiger partial charge in [0.2, 0.25) is 0 Å². The van der Waals surface area contributed by atoms with Crippen LogP contribution in [0.4, 0.5) is 0 Å². The van der Waals surface area contributed by atoms with Crippen molar-refractivity contribution >= 4 is 5.78 Å². The number of Topliss-reactive ketones (excluding diaryl/α,β-unsaturated/α-hetero) is 1. The molecule has 0 radical (unpaired) electrons. The second kappa shape index (κ2) is 5.44. The summed E-state index contributed by atoms with van der Waals surface area (Å²) in [6.07, 6.45) is 0.399. The normalized spacial score (nSPS) is 25.0. The van der Waals surface area contributed by atoms with E-state index in [-0.39, 0.29) is 17.9 Å². The molecule has 0 saturated carbocycles. The summed E-state index contributed by atoms with van der Waals surface area (Å²) in [4.78, 5) is 11.7. The number of ketones is 1. The van der Waals surface area contributed by atoms with E-state index in [0.29, 0.717) is 19.1 Å². The minimum atomic E-state index is -0.375. The maximum absolute atomic E-state index is 11.7. The van der Waals surface area contributed by atoms with Gasteiger partial charge in [-0.15, -0.1) is 0 Å². The van der Waals surface area contributed by atoms with Crippen molar-refractivity contribution in [3.8, 4) is 0 Å². The number of hydrogen-bond donors (Lipinski definition) is 2. The Hall–Kier alpha value is -0.450. The van der Waals surface area contributed by atoms with Gasteiger partial charge >= 0.3 is 0 Å². The van der Waals surface area contributed by atoms with Gasteiger partial charge in [0, 0.05) is 13.1 Å². The molecule has 0 aromatic heterocycles. The van der Waals surface area contributed by atoms with Crippen molar-refractivity contribution in [1.82, 2.24) is 5.32 Å². The minimum absolute atomic E-state index is 0.0332. The van der Waals surface area contributed by atoms with Crippen LogP contribution in [0.15, 0.2) is 0 Å². The maximum Gasteiger partial charge on any atom is 0.179 e. The van der Waals surface area contributed by atoms with E-state index in [1.807, 2.05) is 0 Å². The van der Waals surface area contributed by atoms with Gasteiger partial charge in [0.1, 0.15) is 6.10 Å². The van der Waals surface area contributed by atoms with Gasteiger partial charge in [0.25, 0.3) is 0 Å². The van der Waals surface area contributed by atoms with Gasteiger partial charge in [-0.25, -0.2) is 0 Å². The molecule has 0 spiro atoms. The zero-order valence-corrected chi connectivity index (χ0v) is 8.95. The zero-order chi connectivity index (χ0) is 10.6. The van der Waals surface area contributed by atoms with Crippen molar-refractivity contribution in [2.75, 3.05) is 19.7 Å². The summed E-state index contributed by atoms with van der Waals surface area (Å²) in [6, 6.07) is -0.375. The van der Waals surface area contributed by atoms with E-state index in [0.717, 1.165) is 13.0 Å². The van der Waals surface area contributed by atoms with Crippen molar-refractivity contribution in [1.29, 1.82) is 0 Å². The number of carbonyl (C=O) groups is 1. The second-order valence-electron chi connectivity index (χ2n) is 4.20. The predicted octanol–water partition coefficient (Wildman–Crippen LogP) is -0.0827. The Morgan fingerprint density at radius 3 is 2.86 bits per heavy atom. The first-order valence-corrected chi connectivity index (χ1v) is 5.23. The fraction of sp³-hybridized carbons (Fsp3) is 0.900. The van der Waals surface area contributed by atoms with Crippen molar-refractivity contribution in [2.24, 2.45) is 11.7 Å². The lowest BCUT2D eigenvalue weighted by Crippen LogP contribution is -2.49. The average molecular weight is 200 g/mol. The zero-order valence-electron chi connectivity index (χ0n) is 8.95. The molecule has 0 amide bonds. The Bertz CT molecular complexity index is 189. The summed E-state index contributed by atoms with van der Waals surface area (Å²) >= 11 is 0. The molecule has 1 heterocycles. The van der Waals surface area contributed by atoms with Crippen LogP contribution in [0.2, 0.25) is 0 Å². The molecule has 0 aromatic rings. The highest BCUT2D eigenvalue weighted by molar-refractivity contribution is 5.88. The highest BCUT2D eigenvalue weighted by Crippen LogP contribution is 2.07. The molecule has 1 saturated heterocycles. The third-order valence-corrected chi connectivity index (χ3v) is 2.34. The first-order chi connectivity index (χ1) is 6.61. The number of nitrogens with two attached hydrogens (primary N) is 1. The molecule has 14 heavy (non-hydrogen) atoms. The Morgan fingerprint density at radius 2 is 2.36 bits per heavy atom. The van der Waals surface area contributed by atoms with Crippen molar-refractivity contribution in [2.45, 2.75) is 32.4 Å². The summed E-state index contributed by atoms with van der Waals surface area (Å²) in [5.41, 5.74) is 5.79. The predicted molar refractivity (Wildman–Crippen MR) is 55.0 cm³/mol. The molecule has 2 unspecified atom stereocenters. The van der Waals surface area contributed by atoms with Crippen LogP contribution < -0.4 is 11.1 Å². The lowest BCUT2D eigenvalue weighted by atomic mass is 9.98. The molecule has 82 valence electrons. The molecule has 1 fully saturated rings. The van der Waals surface area contributed by atoms with E-state index in [2.05, 4.69) is 19.2 Å². The largest absolute Gasteiger partial charge is 0.368 e. The van der Waals surface area contributed by atoms with Crippen LogP contribution in [0.1, 0.15) is 20.3 Å². The van der Waals surface area contributed by atoms with Crippen LogP contribution in [0.25, 0.3) is 0 Å². The first kappa shape index (κ1) is 11.6. The average Bonchev–Trinajstić information content (AvgIpc) is 2.17. The van der Waals surface area contributed by atoms with Crippen LogP contribution in [-0.2, 0) is 9.53 Å². The molecule has 2 atom stereocenters. The molecule has 0 bridgehead atoms. The number of carbonyl (C=O) groups excluding carboxylic acids is 1. The topological polar surface area (TPSA) is 64.4 Å². The van der Waals surface area contributed by atoms with E-state index < -0.39 is 0 Å². The van der Waals surface area contributed by atoms with Gasteiger partial charge in [-0.05, 0) is 12.3 Å². The monoisotopic (exact) mass is 200 g/mol. The Morgan fingerprint density at radius 1 is 1.64 bits per heavy atom. The summed E-state index contributed by atoms with van der Waals surface area (Å²) in [6.45, 7) is 6.15. The van der Waals surface area contributed by atoms with Crippen LogP contribution in [0.5, 0.6) is 0 Å². The van der Waals surface area contributed by atoms with E-state index in [1.54, 1.807) is 0 Å². The first-order valence-electron chi connectivity index (χ1n) is 5.23. The molecular weight excluding hydrogens is 180 g/mol. The quantitative estimate of drug-likeness (QED) is 0.666. The molecule has 4 heteroatoms. The van der Waals surface area contributed by atoms with Gasteiger partial charge in [0.15, 0.2) is 5.78 Å². The third kappa shape index (κ3) is 3.36. The van der Waals surface area contributed by atoms with E-state index >= 15 is 0 Å². The van der Waals surface area contributed by atoms with Crippen molar-refractivity contribution in [3.05, 3.63) is 0 Å². The molecule has 4 nitrogen and oxygen atoms in total. The summed E-state index contributed by atoms with van der Waals surface area (Å²) < 4.78 is 5.35. The molecular formula is C10H20N2O2. The van der Waals surface area contributed by atoms with E-state index in [9.17, 15) is 4.79 Å². The smallest absolute Gasteiger partial charge is 0.179 e. The molecule has 1 aliphatic heterocycles. The number of rotatable bonds is 4. The van der Waals surface area contributed by atoms with Gasteiger partial charge in [-0.2, -0.15) is 0 Å². The van der Waals surface area contributed by atoms with E-state index in [1.165, 1.54) is 0 Å². The molecule has 1 rings (SSSR count). The number of nitrogens with one attached hydrogen (secondary N) is 1. The highest BCUT2D eigenvalue weighted by atomic mass is 16.5. The summed E-state index contributed by atoms with van der Waals surface area (Å²) in [7, 11) is 0. The van der Waals surface area contributed by atoms with Crippen LogP contribution >= 0.6 is 0 Å². The van der Waals surface area contributed by atoms with Crippen molar-refractivity contribution < 1.29 is 9.53 Å². The Kier molecular flexibility index (Phi) is 4.51. The molecule has 3 N–H and O–H groups in total. The minimum Gasteiger partial charge on any atom is -0.368 e. The maximum atomic E-state index is 11.7. The van der Waals surface area contributed by atoms with Gasteiger partial charge in [0.05, 0.1) is 12.6 Å². The Balaban J connectivity index is 2.38. The second-order valence-corrected chi connectivity index (χ2v) is 4.20. The standard InChI is InChI=1S/C10H20N2O2/c1-7(2)5-8(11)10(13)9-6-12-3-4-14-9/h7-9,12H,3-6,11H2,1-2H3. The van der Waals surface area contributed by atoms with Gasteiger partial charge in [-0.3, -0.25) is 4.79 Å². The number of hydrogen-bond acceptors (Lipinski definition) is 4. The van der Waals surface area contributed by atoms with Crippen LogP contribution in [0, 0.1) is 5.92 Å².